The summed E-state index contributed by atoms with van der Waals surface area (Å²) in [6.45, 7) is 7.55. The second kappa shape index (κ2) is 7.23. The molecule has 8 unspecified atom stereocenters. The van der Waals surface area contributed by atoms with Crippen LogP contribution in [0.4, 0.5) is 0 Å². The van der Waals surface area contributed by atoms with Gasteiger partial charge in [-0.3, -0.25) is 4.79 Å². The van der Waals surface area contributed by atoms with Crippen molar-refractivity contribution in [3.8, 4) is 0 Å². The Morgan fingerprint density at radius 3 is 2.74 bits per heavy atom. The van der Waals surface area contributed by atoms with Gasteiger partial charge in [0.2, 0.25) is 0 Å². The number of fused-ring (bicyclic) bond motifs is 5. The molecule has 0 saturated heterocycles. The van der Waals surface area contributed by atoms with Crippen molar-refractivity contribution < 1.29 is 9.53 Å². The molecule has 0 amide bonds. The highest BCUT2D eigenvalue weighted by Gasteiger charge is 2.58. The number of methoxy groups -OCH3 is 1. The van der Waals surface area contributed by atoms with E-state index in [0.29, 0.717) is 23.2 Å². The molecule has 0 spiro atoms. The molecule has 2 heteroatoms. The van der Waals surface area contributed by atoms with Crippen molar-refractivity contribution in [2.75, 3.05) is 7.11 Å². The SMILES string of the molecule is COC(=O)CCC(C)C1CCC2C3CCC4CCCCC4(C)C3C=CC12C. The minimum absolute atomic E-state index is 0.0515. The van der Waals surface area contributed by atoms with Crippen LogP contribution in [-0.2, 0) is 9.53 Å². The molecule has 0 radical (unpaired) electrons. The van der Waals surface area contributed by atoms with Crippen molar-refractivity contribution in [3.05, 3.63) is 12.2 Å². The number of rotatable bonds is 4. The Bertz CT molecular complexity index is 595. The summed E-state index contributed by atoms with van der Waals surface area (Å²) in [6.07, 6.45) is 18.4. The molecule has 0 aliphatic heterocycles. The lowest BCUT2D eigenvalue weighted by Gasteiger charge is -2.58. The van der Waals surface area contributed by atoms with E-state index in [0.717, 1.165) is 36.0 Å². The zero-order valence-corrected chi connectivity index (χ0v) is 18.0. The van der Waals surface area contributed by atoms with Gasteiger partial charge in [0.25, 0.3) is 0 Å². The molecule has 4 aliphatic rings. The number of hydrogen-bond acceptors (Lipinski definition) is 2. The summed E-state index contributed by atoms with van der Waals surface area (Å²) >= 11 is 0. The van der Waals surface area contributed by atoms with Crippen LogP contribution in [0.25, 0.3) is 0 Å². The maximum atomic E-state index is 11.6. The van der Waals surface area contributed by atoms with E-state index in [9.17, 15) is 4.79 Å². The van der Waals surface area contributed by atoms with E-state index >= 15 is 0 Å². The summed E-state index contributed by atoms with van der Waals surface area (Å²) in [5, 5.41) is 0. The Balaban J connectivity index is 1.54. The van der Waals surface area contributed by atoms with Crippen LogP contribution >= 0.6 is 0 Å². The van der Waals surface area contributed by atoms with E-state index in [2.05, 4.69) is 32.9 Å². The summed E-state index contributed by atoms with van der Waals surface area (Å²) in [7, 11) is 1.51. The van der Waals surface area contributed by atoms with Gasteiger partial charge in [0, 0.05) is 6.42 Å². The van der Waals surface area contributed by atoms with Gasteiger partial charge >= 0.3 is 5.97 Å². The lowest BCUT2D eigenvalue weighted by Crippen LogP contribution is -2.50. The first-order chi connectivity index (χ1) is 12.9. The van der Waals surface area contributed by atoms with E-state index in [1.165, 1.54) is 58.5 Å². The highest BCUT2D eigenvalue weighted by molar-refractivity contribution is 5.69. The predicted octanol–water partition coefficient (Wildman–Crippen LogP) is 6.40. The molecule has 3 saturated carbocycles. The van der Waals surface area contributed by atoms with Crippen LogP contribution in [0.3, 0.4) is 0 Å². The van der Waals surface area contributed by atoms with E-state index in [1.54, 1.807) is 0 Å². The molecule has 0 aromatic carbocycles. The first-order valence-electron chi connectivity index (χ1n) is 11.7. The Morgan fingerprint density at radius 1 is 1.15 bits per heavy atom. The van der Waals surface area contributed by atoms with Gasteiger partial charge in [0.15, 0.2) is 0 Å². The molecule has 0 aromatic rings. The second-order valence-corrected chi connectivity index (χ2v) is 10.8. The normalized spacial score (nSPS) is 46.9. The number of carbonyl (C=O) groups excluding carboxylic acids is 1. The molecule has 0 bridgehead atoms. The third-order valence-corrected chi connectivity index (χ3v) is 9.81. The predicted molar refractivity (Wildman–Crippen MR) is 110 cm³/mol. The molecule has 3 fully saturated rings. The quantitative estimate of drug-likeness (QED) is 0.421. The van der Waals surface area contributed by atoms with Crippen LogP contribution in [-0.4, -0.2) is 13.1 Å². The first-order valence-corrected chi connectivity index (χ1v) is 11.7. The number of carbonyl (C=O) groups is 1. The van der Waals surface area contributed by atoms with Gasteiger partial charge in [-0.05, 0) is 91.3 Å². The van der Waals surface area contributed by atoms with Crippen molar-refractivity contribution in [2.45, 2.75) is 85.0 Å². The minimum atomic E-state index is -0.0515. The number of allylic oxidation sites excluding steroid dienone is 2. The van der Waals surface area contributed by atoms with Crippen molar-refractivity contribution in [2.24, 2.45) is 46.3 Å². The Kier molecular flexibility index (Phi) is 5.23. The smallest absolute Gasteiger partial charge is 0.305 e. The van der Waals surface area contributed by atoms with Crippen LogP contribution < -0.4 is 0 Å². The summed E-state index contributed by atoms with van der Waals surface area (Å²) in [5.74, 6) is 4.82. The highest BCUT2D eigenvalue weighted by Crippen LogP contribution is 2.66. The van der Waals surface area contributed by atoms with Gasteiger partial charge in [-0.25, -0.2) is 0 Å². The largest absolute Gasteiger partial charge is 0.469 e. The van der Waals surface area contributed by atoms with Gasteiger partial charge in [0.1, 0.15) is 0 Å². The number of ether oxygens (including phenoxy) is 1. The van der Waals surface area contributed by atoms with Crippen LogP contribution in [0.5, 0.6) is 0 Å². The van der Waals surface area contributed by atoms with Gasteiger partial charge in [0.05, 0.1) is 7.11 Å². The van der Waals surface area contributed by atoms with Crippen LogP contribution in [0.1, 0.15) is 85.0 Å². The molecule has 0 heterocycles. The summed E-state index contributed by atoms with van der Waals surface area (Å²) in [6, 6.07) is 0. The van der Waals surface area contributed by atoms with Crippen molar-refractivity contribution >= 4 is 5.97 Å². The second-order valence-electron chi connectivity index (χ2n) is 10.8. The average molecular weight is 373 g/mol. The molecule has 0 aromatic heterocycles. The molecular formula is C25H40O2. The van der Waals surface area contributed by atoms with E-state index < -0.39 is 0 Å². The van der Waals surface area contributed by atoms with Crippen LogP contribution in [0.2, 0.25) is 0 Å². The lowest BCUT2D eigenvalue weighted by atomic mass is 9.46. The first kappa shape index (κ1) is 19.5. The molecule has 2 nitrogen and oxygen atoms in total. The van der Waals surface area contributed by atoms with Crippen LogP contribution in [0, 0.1) is 46.3 Å². The van der Waals surface area contributed by atoms with Crippen molar-refractivity contribution in [1.29, 1.82) is 0 Å². The summed E-state index contributed by atoms with van der Waals surface area (Å²) in [5.41, 5.74) is 0.905. The monoisotopic (exact) mass is 372 g/mol. The molecule has 27 heavy (non-hydrogen) atoms. The molecule has 152 valence electrons. The van der Waals surface area contributed by atoms with Gasteiger partial charge in [-0.15, -0.1) is 0 Å². The van der Waals surface area contributed by atoms with E-state index in [4.69, 9.17) is 4.74 Å². The molecule has 8 atom stereocenters. The number of esters is 1. The van der Waals surface area contributed by atoms with E-state index in [-0.39, 0.29) is 5.97 Å². The standard InChI is InChI=1S/C25H40O2/c1-17(8-13-23(26)27-4)20-11-12-21-19-10-9-18-7-5-6-15-24(18,2)22(19)14-16-25(20,21)3/h14,16-22H,5-13,15H2,1-4H3. The van der Waals surface area contributed by atoms with Crippen molar-refractivity contribution in [1.82, 2.24) is 0 Å². The fraction of sp³-hybridized carbons (Fsp3) is 0.880. The summed E-state index contributed by atoms with van der Waals surface area (Å²) < 4.78 is 4.87. The molecule has 4 aliphatic carbocycles. The fourth-order valence-corrected chi connectivity index (χ4v) is 8.26. The highest BCUT2D eigenvalue weighted by atomic mass is 16.5. The summed E-state index contributed by atoms with van der Waals surface area (Å²) in [4.78, 5) is 11.6. The average Bonchev–Trinajstić information content (AvgIpc) is 3.02. The number of hydrogen-bond donors (Lipinski definition) is 0. The van der Waals surface area contributed by atoms with Gasteiger partial charge < -0.3 is 4.74 Å². The fourth-order valence-electron chi connectivity index (χ4n) is 8.26. The zero-order chi connectivity index (χ0) is 19.2. The van der Waals surface area contributed by atoms with Crippen LogP contribution in [0.15, 0.2) is 12.2 Å². The Morgan fingerprint density at radius 2 is 1.96 bits per heavy atom. The Labute approximate surface area is 166 Å². The zero-order valence-electron chi connectivity index (χ0n) is 18.0. The molecular weight excluding hydrogens is 332 g/mol. The van der Waals surface area contributed by atoms with Crippen molar-refractivity contribution in [3.63, 3.8) is 0 Å². The van der Waals surface area contributed by atoms with Gasteiger partial charge in [-0.2, -0.15) is 0 Å². The topological polar surface area (TPSA) is 26.3 Å². The molecule has 0 N–H and O–H groups in total. The maximum Gasteiger partial charge on any atom is 0.305 e. The minimum Gasteiger partial charge on any atom is -0.469 e. The molecule has 4 rings (SSSR count). The van der Waals surface area contributed by atoms with E-state index in [1.807, 2.05) is 0 Å². The lowest BCUT2D eigenvalue weighted by molar-refractivity contribution is -0.141. The maximum absolute atomic E-state index is 11.6. The van der Waals surface area contributed by atoms with Gasteiger partial charge in [-0.1, -0.05) is 45.8 Å². The Hall–Kier alpha value is -0.790. The third kappa shape index (κ3) is 3.10. The third-order valence-electron chi connectivity index (χ3n) is 9.81.